The smallest absolute Gasteiger partial charge is 0.465 e. The van der Waals surface area contributed by atoms with Crippen molar-refractivity contribution >= 4 is 28.6 Å². The van der Waals surface area contributed by atoms with Crippen molar-refractivity contribution in [3.05, 3.63) is 47.5 Å². The second-order valence-electron chi connectivity index (χ2n) is 10.5. The van der Waals surface area contributed by atoms with Gasteiger partial charge in [-0.25, -0.2) is 9.78 Å². The molecular formula is C27H32F3N3O4. The van der Waals surface area contributed by atoms with Gasteiger partial charge in [-0.3, -0.25) is 0 Å². The molecule has 1 heterocycles. The van der Waals surface area contributed by atoms with E-state index in [0.29, 0.717) is 34.2 Å². The Hall–Kier alpha value is -3.27. The molecule has 1 saturated carbocycles. The fourth-order valence-corrected chi connectivity index (χ4v) is 5.58. The summed E-state index contributed by atoms with van der Waals surface area (Å²) >= 11 is 0. The lowest BCUT2D eigenvalue weighted by Gasteiger charge is -2.40. The Morgan fingerprint density at radius 2 is 1.86 bits per heavy atom. The Morgan fingerprint density at radius 1 is 1.16 bits per heavy atom. The van der Waals surface area contributed by atoms with Gasteiger partial charge in [-0.15, -0.1) is 13.2 Å². The minimum atomic E-state index is -4.76. The maximum Gasteiger partial charge on any atom is 0.573 e. The van der Waals surface area contributed by atoms with E-state index < -0.39 is 12.3 Å². The van der Waals surface area contributed by atoms with Gasteiger partial charge in [0.15, 0.2) is 0 Å². The molecule has 4 rings (SSSR count). The quantitative estimate of drug-likeness (QED) is 0.339. The number of ether oxygens (including phenoxy) is 3. The highest BCUT2D eigenvalue weighted by Gasteiger charge is 2.35. The van der Waals surface area contributed by atoms with E-state index in [-0.39, 0.29) is 23.8 Å². The lowest BCUT2D eigenvalue weighted by Crippen LogP contribution is -2.29. The summed E-state index contributed by atoms with van der Waals surface area (Å²) in [5.74, 6) is 0.248. The van der Waals surface area contributed by atoms with Crippen molar-refractivity contribution in [1.29, 1.82) is 0 Å². The number of fused-ring (bicyclic) bond motifs is 1. The third-order valence-electron chi connectivity index (χ3n) is 6.69. The number of halogens is 3. The minimum absolute atomic E-state index is 0.119. The van der Waals surface area contributed by atoms with E-state index in [1.807, 2.05) is 6.07 Å². The van der Waals surface area contributed by atoms with Gasteiger partial charge in [-0.2, -0.15) is 0 Å². The van der Waals surface area contributed by atoms with Crippen LogP contribution in [-0.4, -0.2) is 36.1 Å². The number of hydrogen-bond donors (Lipinski definition) is 1. The first-order valence-electron chi connectivity index (χ1n) is 12.1. The molecule has 7 nitrogen and oxygen atoms in total. The van der Waals surface area contributed by atoms with Crippen molar-refractivity contribution in [2.45, 2.75) is 59.0 Å². The van der Waals surface area contributed by atoms with Crippen LogP contribution in [-0.2, 0) is 16.1 Å². The number of anilines is 2. The molecule has 1 N–H and O–H groups in total. The Morgan fingerprint density at radius 3 is 2.46 bits per heavy atom. The predicted octanol–water partition coefficient (Wildman–Crippen LogP) is 7.00. The average molecular weight is 520 g/mol. The normalized spacial score (nSPS) is 19.6. The molecule has 0 saturated heterocycles. The summed E-state index contributed by atoms with van der Waals surface area (Å²) in [7, 11) is 2.89. The fourth-order valence-electron chi connectivity index (χ4n) is 5.58. The van der Waals surface area contributed by atoms with Gasteiger partial charge in [0.2, 0.25) is 5.95 Å². The van der Waals surface area contributed by atoms with Crippen LogP contribution in [0.2, 0.25) is 0 Å². The number of carbonyl (C=O) groups excluding carboxylic acids is 1. The average Bonchev–Trinajstić information content (AvgIpc) is 3.14. The molecule has 0 spiro atoms. The van der Waals surface area contributed by atoms with Crippen LogP contribution in [0.4, 0.5) is 24.8 Å². The Balaban J connectivity index is 1.81. The van der Waals surface area contributed by atoms with Crippen molar-refractivity contribution < 1.29 is 32.2 Å². The van der Waals surface area contributed by atoms with Gasteiger partial charge >= 0.3 is 12.3 Å². The Labute approximate surface area is 213 Å². The molecule has 1 aliphatic rings. The molecular weight excluding hydrogens is 487 g/mol. The van der Waals surface area contributed by atoms with Gasteiger partial charge in [-0.1, -0.05) is 20.8 Å². The maximum absolute atomic E-state index is 12.6. The lowest BCUT2D eigenvalue weighted by atomic mass is 9.70. The number of rotatable bonds is 7. The van der Waals surface area contributed by atoms with Crippen LogP contribution in [0.25, 0.3) is 11.0 Å². The summed E-state index contributed by atoms with van der Waals surface area (Å²) in [5, 5.41) is 3.27. The van der Waals surface area contributed by atoms with Crippen LogP contribution in [0.3, 0.4) is 0 Å². The SMILES string of the molecule is COCc1cc2c(cc1C(=O)OC)nc(Nc1ccc(OC(F)(F)F)cc1)n2C1CC(C)CC(C)(C)C1. The number of esters is 1. The zero-order chi connectivity index (χ0) is 27.0. The van der Waals surface area contributed by atoms with Crippen LogP contribution in [0.5, 0.6) is 5.75 Å². The van der Waals surface area contributed by atoms with Gasteiger partial charge < -0.3 is 24.1 Å². The molecule has 1 aromatic heterocycles. The molecule has 1 fully saturated rings. The number of hydrogen-bond acceptors (Lipinski definition) is 6. The van der Waals surface area contributed by atoms with E-state index in [4.69, 9.17) is 14.5 Å². The zero-order valence-electron chi connectivity index (χ0n) is 21.6. The Bertz CT molecular complexity index is 1270. The topological polar surface area (TPSA) is 74.6 Å². The van der Waals surface area contributed by atoms with Crippen molar-refractivity contribution in [3.8, 4) is 5.75 Å². The highest BCUT2D eigenvalue weighted by atomic mass is 19.4. The lowest BCUT2D eigenvalue weighted by molar-refractivity contribution is -0.274. The number of aromatic nitrogens is 2. The third kappa shape index (κ3) is 6.18. The standard InChI is InChI=1S/C27H32F3N3O4/c1-16-10-19(14-26(2,3)13-16)33-23-11-17(15-35-4)21(24(34)36-5)12-22(23)32-25(33)31-18-6-8-20(9-7-18)37-27(28,29)30/h6-9,11-12,16,19H,10,13-15H2,1-5H3,(H,31,32). The molecule has 1 aliphatic carbocycles. The van der Waals surface area contributed by atoms with Crippen LogP contribution in [0, 0.1) is 11.3 Å². The van der Waals surface area contributed by atoms with Gasteiger partial charge in [-0.05, 0) is 72.6 Å². The van der Waals surface area contributed by atoms with Crippen molar-refractivity contribution in [2.75, 3.05) is 19.5 Å². The van der Waals surface area contributed by atoms with Crippen LogP contribution in [0.15, 0.2) is 36.4 Å². The maximum atomic E-state index is 12.6. The molecule has 0 aliphatic heterocycles. The van der Waals surface area contributed by atoms with E-state index in [1.165, 1.54) is 31.4 Å². The molecule has 0 amide bonds. The van der Waals surface area contributed by atoms with E-state index in [1.54, 1.807) is 13.2 Å². The highest BCUT2D eigenvalue weighted by Crippen LogP contribution is 2.46. The van der Waals surface area contributed by atoms with Crippen molar-refractivity contribution in [3.63, 3.8) is 0 Å². The molecule has 2 unspecified atom stereocenters. The van der Waals surface area contributed by atoms with E-state index >= 15 is 0 Å². The van der Waals surface area contributed by atoms with Gasteiger partial charge in [0.05, 0.1) is 30.3 Å². The fraction of sp³-hybridized carbons (Fsp3) is 0.481. The van der Waals surface area contributed by atoms with Gasteiger partial charge in [0, 0.05) is 18.8 Å². The molecule has 37 heavy (non-hydrogen) atoms. The summed E-state index contributed by atoms with van der Waals surface area (Å²) in [4.78, 5) is 17.3. The third-order valence-corrected chi connectivity index (χ3v) is 6.69. The molecule has 200 valence electrons. The summed E-state index contributed by atoms with van der Waals surface area (Å²) in [6.07, 6.45) is -1.78. The molecule has 2 atom stereocenters. The highest BCUT2D eigenvalue weighted by molar-refractivity contribution is 5.96. The molecule has 0 radical (unpaired) electrons. The van der Waals surface area contributed by atoms with Gasteiger partial charge in [0.1, 0.15) is 5.75 Å². The largest absolute Gasteiger partial charge is 0.573 e. The van der Waals surface area contributed by atoms with E-state index in [2.05, 4.69) is 35.4 Å². The van der Waals surface area contributed by atoms with Crippen LogP contribution < -0.4 is 10.1 Å². The van der Waals surface area contributed by atoms with Crippen molar-refractivity contribution in [2.24, 2.45) is 11.3 Å². The van der Waals surface area contributed by atoms with E-state index in [9.17, 15) is 18.0 Å². The molecule has 10 heteroatoms. The zero-order valence-corrected chi connectivity index (χ0v) is 21.6. The number of imidazole rings is 1. The number of alkyl halides is 3. The number of benzene rings is 2. The number of methoxy groups -OCH3 is 2. The first-order valence-corrected chi connectivity index (χ1v) is 12.1. The summed E-state index contributed by atoms with van der Waals surface area (Å²) in [6, 6.07) is 9.26. The summed E-state index contributed by atoms with van der Waals surface area (Å²) < 4.78 is 54.2. The molecule has 3 aromatic rings. The van der Waals surface area contributed by atoms with E-state index in [0.717, 1.165) is 24.8 Å². The molecule has 2 aromatic carbocycles. The van der Waals surface area contributed by atoms with Gasteiger partial charge in [0.25, 0.3) is 0 Å². The molecule has 0 bridgehead atoms. The summed E-state index contributed by atoms with van der Waals surface area (Å²) in [5.41, 5.74) is 3.18. The van der Waals surface area contributed by atoms with Crippen molar-refractivity contribution in [1.82, 2.24) is 9.55 Å². The predicted molar refractivity (Wildman–Crippen MR) is 134 cm³/mol. The van der Waals surface area contributed by atoms with Crippen LogP contribution in [0.1, 0.15) is 62.0 Å². The first-order chi connectivity index (χ1) is 17.4. The minimum Gasteiger partial charge on any atom is -0.465 e. The second kappa shape index (κ2) is 10.2. The monoisotopic (exact) mass is 519 g/mol. The first kappa shape index (κ1) is 26.8. The Kier molecular flexibility index (Phi) is 7.41. The number of carbonyl (C=O) groups is 1. The second-order valence-corrected chi connectivity index (χ2v) is 10.5. The number of nitrogens with zero attached hydrogens (tertiary/aromatic N) is 2. The summed E-state index contributed by atoms with van der Waals surface area (Å²) in [6.45, 7) is 6.98. The number of nitrogens with one attached hydrogen (secondary N) is 1. The van der Waals surface area contributed by atoms with Crippen LogP contribution >= 0.6 is 0 Å².